The van der Waals surface area contributed by atoms with Crippen molar-refractivity contribution in [2.45, 2.75) is 33.2 Å². The van der Waals surface area contributed by atoms with Gasteiger partial charge in [-0.25, -0.2) is 0 Å². The third kappa shape index (κ3) is 2.32. The number of thiophene rings is 1. The van der Waals surface area contributed by atoms with Crippen LogP contribution in [-0.4, -0.2) is 6.54 Å². The normalized spacial score (nSPS) is 11.0. The molecule has 1 aromatic heterocycles. The van der Waals surface area contributed by atoms with Gasteiger partial charge < -0.3 is 5.32 Å². The number of hydrogen-bond acceptors (Lipinski definition) is 2. The predicted octanol–water partition coefficient (Wildman–Crippen LogP) is 2.98. The molecule has 0 aliphatic rings. The van der Waals surface area contributed by atoms with E-state index in [9.17, 15) is 0 Å². The van der Waals surface area contributed by atoms with Gasteiger partial charge >= 0.3 is 0 Å². The summed E-state index contributed by atoms with van der Waals surface area (Å²) < 4.78 is 0. The highest BCUT2D eigenvalue weighted by Crippen LogP contribution is 2.23. The quantitative estimate of drug-likeness (QED) is 0.756. The molecule has 0 spiro atoms. The van der Waals surface area contributed by atoms with Crippen molar-refractivity contribution in [1.82, 2.24) is 5.32 Å². The molecule has 0 atom stereocenters. The minimum Gasteiger partial charge on any atom is -0.313 e. The molecule has 0 amide bonds. The first-order valence-corrected chi connectivity index (χ1v) is 5.45. The molecule has 1 N–H and O–H groups in total. The Morgan fingerprint density at radius 1 is 1.42 bits per heavy atom. The lowest BCUT2D eigenvalue weighted by Crippen LogP contribution is -2.12. The molecule has 0 unspecified atom stereocenters. The molecule has 12 heavy (non-hydrogen) atoms. The van der Waals surface area contributed by atoms with E-state index < -0.39 is 0 Å². The van der Waals surface area contributed by atoms with Crippen LogP contribution in [0.25, 0.3) is 0 Å². The predicted molar refractivity (Wildman–Crippen MR) is 55.8 cm³/mol. The maximum atomic E-state index is 3.35. The summed E-state index contributed by atoms with van der Waals surface area (Å²) in [7, 11) is 0. The van der Waals surface area contributed by atoms with E-state index in [1.165, 1.54) is 11.1 Å². The molecular formula is C10H17NS. The van der Waals surface area contributed by atoms with E-state index in [1.807, 2.05) is 0 Å². The Morgan fingerprint density at radius 2 is 2.17 bits per heavy atom. The van der Waals surface area contributed by atoms with E-state index in [4.69, 9.17) is 0 Å². The Kier molecular flexibility index (Phi) is 3.76. The highest BCUT2D eigenvalue weighted by atomic mass is 32.1. The average molecular weight is 183 g/mol. The Morgan fingerprint density at radius 3 is 2.75 bits per heavy atom. The lowest BCUT2D eigenvalue weighted by atomic mass is 10.0. The average Bonchev–Trinajstić information content (AvgIpc) is 2.48. The highest BCUT2D eigenvalue weighted by molar-refractivity contribution is 7.08. The first kappa shape index (κ1) is 9.75. The van der Waals surface area contributed by atoms with Gasteiger partial charge in [-0.1, -0.05) is 20.8 Å². The van der Waals surface area contributed by atoms with Crippen LogP contribution in [0.3, 0.4) is 0 Å². The Bertz CT molecular complexity index is 227. The molecule has 0 saturated carbocycles. The lowest BCUT2D eigenvalue weighted by molar-refractivity contribution is 0.714. The summed E-state index contributed by atoms with van der Waals surface area (Å²) in [5, 5.41) is 7.86. The minimum atomic E-state index is 0.657. The van der Waals surface area contributed by atoms with Crippen molar-refractivity contribution in [3.63, 3.8) is 0 Å². The molecular weight excluding hydrogens is 166 g/mol. The zero-order chi connectivity index (χ0) is 8.97. The summed E-state index contributed by atoms with van der Waals surface area (Å²) in [4.78, 5) is 0. The Labute approximate surface area is 78.8 Å². The molecule has 1 heterocycles. The van der Waals surface area contributed by atoms with Gasteiger partial charge in [0.25, 0.3) is 0 Å². The number of rotatable bonds is 4. The monoisotopic (exact) mass is 183 g/mol. The standard InChI is InChI=1S/C10H17NS/c1-4-11-5-9-6-12-7-10(9)8(2)3/h6-8,11H,4-5H2,1-3H3. The molecule has 68 valence electrons. The van der Waals surface area contributed by atoms with Crippen LogP contribution in [0, 0.1) is 0 Å². The highest BCUT2D eigenvalue weighted by Gasteiger charge is 2.05. The Balaban J connectivity index is 2.64. The van der Waals surface area contributed by atoms with Crippen LogP contribution < -0.4 is 5.32 Å². The van der Waals surface area contributed by atoms with Gasteiger partial charge in [0, 0.05) is 6.54 Å². The molecule has 1 rings (SSSR count). The molecule has 0 saturated heterocycles. The maximum absolute atomic E-state index is 3.35. The molecule has 0 bridgehead atoms. The van der Waals surface area contributed by atoms with E-state index in [-0.39, 0.29) is 0 Å². The summed E-state index contributed by atoms with van der Waals surface area (Å²) in [6.45, 7) is 8.71. The maximum Gasteiger partial charge on any atom is 0.0216 e. The van der Waals surface area contributed by atoms with Crippen LogP contribution in [0.1, 0.15) is 37.8 Å². The van der Waals surface area contributed by atoms with Gasteiger partial charge in [-0.3, -0.25) is 0 Å². The molecule has 0 radical (unpaired) electrons. The van der Waals surface area contributed by atoms with Gasteiger partial charge in [0.15, 0.2) is 0 Å². The van der Waals surface area contributed by atoms with Crippen LogP contribution in [-0.2, 0) is 6.54 Å². The van der Waals surface area contributed by atoms with Gasteiger partial charge in [-0.05, 0) is 34.3 Å². The van der Waals surface area contributed by atoms with Gasteiger partial charge in [0.05, 0.1) is 0 Å². The third-order valence-corrected chi connectivity index (χ3v) is 2.77. The van der Waals surface area contributed by atoms with Gasteiger partial charge in [-0.2, -0.15) is 11.3 Å². The van der Waals surface area contributed by atoms with Crippen molar-refractivity contribution < 1.29 is 0 Å². The summed E-state index contributed by atoms with van der Waals surface area (Å²) in [6.07, 6.45) is 0. The van der Waals surface area contributed by atoms with Crippen molar-refractivity contribution in [1.29, 1.82) is 0 Å². The summed E-state index contributed by atoms with van der Waals surface area (Å²) >= 11 is 1.80. The SMILES string of the molecule is CCNCc1cscc1C(C)C. The molecule has 1 nitrogen and oxygen atoms in total. The summed E-state index contributed by atoms with van der Waals surface area (Å²) in [5.41, 5.74) is 2.97. The second-order valence-electron chi connectivity index (χ2n) is 3.29. The van der Waals surface area contributed by atoms with E-state index in [0.717, 1.165) is 13.1 Å². The van der Waals surface area contributed by atoms with E-state index in [0.29, 0.717) is 5.92 Å². The fraction of sp³-hybridized carbons (Fsp3) is 0.600. The second-order valence-corrected chi connectivity index (χ2v) is 4.03. The fourth-order valence-corrected chi connectivity index (χ4v) is 2.27. The minimum absolute atomic E-state index is 0.657. The molecule has 0 fully saturated rings. The molecule has 0 aromatic carbocycles. The van der Waals surface area contributed by atoms with Gasteiger partial charge in [-0.15, -0.1) is 0 Å². The smallest absolute Gasteiger partial charge is 0.0216 e. The number of hydrogen-bond donors (Lipinski definition) is 1. The van der Waals surface area contributed by atoms with E-state index >= 15 is 0 Å². The van der Waals surface area contributed by atoms with E-state index in [2.05, 4.69) is 36.8 Å². The molecule has 2 heteroatoms. The van der Waals surface area contributed by atoms with Crippen LogP contribution in [0.15, 0.2) is 10.8 Å². The molecule has 1 aromatic rings. The van der Waals surface area contributed by atoms with E-state index in [1.54, 1.807) is 11.3 Å². The largest absolute Gasteiger partial charge is 0.313 e. The van der Waals surface area contributed by atoms with Crippen LogP contribution in [0.2, 0.25) is 0 Å². The van der Waals surface area contributed by atoms with Crippen molar-refractivity contribution in [3.05, 3.63) is 21.9 Å². The van der Waals surface area contributed by atoms with Gasteiger partial charge in [0.1, 0.15) is 0 Å². The Hall–Kier alpha value is -0.340. The summed E-state index contributed by atoms with van der Waals surface area (Å²) in [5.74, 6) is 0.657. The zero-order valence-electron chi connectivity index (χ0n) is 8.05. The first-order chi connectivity index (χ1) is 5.75. The van der Waals surface area contributed by atoms with Crippen molar-refractivity contribution in [2.24, 2.45) is 0 Å². The topological polar surface area (TPSA) is 12.0 Å². The number of nitrogens with one attached hydrogen (secondary N) is 1. The van der Waals surface area contributed by atoms with Gasteiger partial charge in [0.2, 0.25) is 0 Å². The molecule has 0 aliphatic heterocycles. The van der Waals surface area contributed by atoms with Crippen LogP contribution >= 0.6 is 11.3 Å². The summed E-state index contributed by atoms with van der Waals surface area (Å²) in [6, 6.07) is 0. The third-order valence-electron chi connectivity index (χ3n) is 1.96. The van der Waals surface area contributed by atoms with Crippen molar-refractivity contribution in [3.8, 4) is 0 Å². The first-order valence-electron chi connectivity index (χ1n) is 4.51. The van der Waals surface area contributed by atoms with Crippen LogP contribution in [0.5, 0.6) is 0 Å². The van der Waals surface area contributed by atoms with Crippen LogP contribution in [0.4, 0.5) is 0 Å². The fourth-order valence-electron chi connectivity index (χ4n) is 1.24. The van der Waals surface area contributed by atoms with Crippen molar-refractivity contribution >= 4 is 11.3 Å². The van der Waals surface area contributed by atoms with Crippen molar-refractivity contribution in [2.75, 3.05) is 6.54 Å². The second kappa shape index (κ2) is 4.63. The zero-order valence-corrected chi connectivity index (χ0v) is 8.87. The lowest BCUT2D eigenvalue weighted by Gasteiger charge is -2.06. The molecule has 0 aliphatic carbocycles.